The van der Waals surface area contributed by atoms with Gasteiger partial charge in [0.1, 0.15) is 11.5 Å². The molecule has 0 unspecified atom stereocenters. The second-order valence-electron chi connectivity index (χ2n) is 7.63. The molecule has 5 rings (SSSR count). The van der Waals surface area contributed by atoms with Gasteiger partial charge in [-0.2, -0.15) is 0 Å². The van der Waals surface area contributed by atoms with Crippen molar-refractivity contribution in [3.63, 3.8) is 0 Å². The highest BCUT2D eigenvalue weighted by Crippen LogP contribution is 2.46. The van der Waals surface area contributed by atoms with Crippen molar-refractivity contribution < 1.29 is 24.6 Å². The van der Waals surface area contributed by atoms with E-state index in [0.29, 0.717) is 25.9 Å². The number of hydrogen-bond donors (Lipinski definition) is 3. The van der Waals surface area contributed by atoms with Gasteiger partial charge in [0.05, 0.1) is 27.1 Å². The number of benzene rings is 2. The average molecular weight is 422 g/mol. The van der Waals surface area contributed by atoms with Gasteiger partial charge >= 0.3 is 0 Å². The maximum absolute atomic E-state index is 13.4. The number of amides is 1. The molecule has 1 aliphatic heterocycles. The van der Waals surface area contributed by atoms with Crippen LogP contribution in [0.25, 0.3) is 10.8 Å². The molecular formula is C22H18N2O5S. The molecule has 0 spiro atoms. The number of thiophene rings is 1. The summed E-state index contributed by atoms with van der Waals surface area (Å²) in [6, 6.07) is 6.51. The van der Waals surface area contributed by atoms with Crippen LogP contribution in [0.3, 0.4) is 0 Å². The molecule has 1 saturated heterocycles. The quantitative estimate of drug-likeness (QED) is 0.406. The Morgan fingerprint density at radius 3 is 2.13 bits per heavy atom. The topological polar surface area (TPSA) is 121 Å². The fourth-order valence-corrected chi connectivity index (χ4v) is 5.25. The van der Waals surface area contributed by atoms with Crippen LogP contribution in [0.15, 0.2) is 29.6 Å². The van der Waals surface area contributed by atoms with Crippen LogP contribution < -0.4 is 5.73 Å². The lowest BCUT2D eigenvalue weighted by molar-refractivity contribution is 0.0711. The number of nitrogens with two attached hydrogens (primary N) is 1. The number of carbonyl (C=O) groups is 3. The lowest BCUT2D eigenvalue weighted by Gasteiger charge is -2.30. The molecule has 0 bridgehead atoms. The van der Waals surface area contributed by atoms with Crippen molar-refractivity contribution in [3.8, 4) is 11.5 Å². The number of rotatable bonds is 1. The van der Waals surface area contributed by atoms with Crippen molar-refractivity contribution >= 4 is 39.6 Å². The van der Waals surface area contributed by atoms with E-state index in [0.717, 1.165) is 11.3 Å². The first-order valence-electron chi connectivity index (χ1n) is 9.62. The summed E-state index contributed by atoms with van der Waals surface area (Å²) in [7, 11) is 0. The molecule has 2 aliphatic rings. The lowest BCUT2D eigenvalue weighted by Crippen LogP contribution is -2.43. The number of fused-ring (bicyclic) bond motifs is 3. The summed E-state index contributed by atoms with van der Waals surface area (Å²) in [5.74, 6) is -2.22. The van der Waals surface area contributed by atoms with E-state index in [1.165, 1.54) is 5.38 Å². The zero-order chi connectivity index (χ0) is 21.2. The van der Waals surface area contributed by atoms with Crippen LogP contribution in [0.4, 0.5) is 0 Å². The largest absolute Gasteiger partial charge is 0.506 e. The molecular weight excluding hydrogens is 404 g/mol. The molecule has 1 aliphatic carbocycles. The first-order valence-corrected chi connectivity index (χ1v) is 10.5. The van der Waals surface area contributed by atoms with Crippen LogP contribution in [-0.2, 0) is 0 Å². The average Bonchev–Trinajstić information content (AvgIpc) is 3.20. The van der Waals surface area contributed by atoms with Crippen LogP contribution in [-0.4, -0.2) is 51.7 Å². The van der Waals surface area contributed by atoms with Crippen molar-refractivity contribution in [1.82, 2.24) is 4.90 Å². The molecule has 0 saturated carbocycles. The molecule has 30 heavy (non-hydrogen) atoms. The maximum atomic E-state index is 13.4. The Bertz CT molecular complexity index is 1250. The Kier molecular flexibility index (Phi) is 4.16. The zero-order valence-corrected chi connectivity index (χ0v) is 16.7. The molecule has 1 fully saturated rings. The minimum absolute atomic E-state index is 0.00218. The van der Waals surface area contributed by atoms with Crippen LogP contribution in [0.2, 0.25) is 0 Å². The third-order valence-corrected chi connectivity index (χ3v) is 6.88. The highest BCUT2D eigenvalue weighted by molar-refractivity contribution is 7.13. The van der Waals surface area contributed by atoms with Crippen molar-refractivity contribution in [1.29, 1.82) is 0 Å². The molecule has 7 nitrogen and oxygen atoms in total. The fraction of sp³-hybridized carbons (Fsp3) is 0.227. The number of phenolic OH excluding ortho intramolecular Hbond substituents is 2. The van der Waals surface area contributed by atoms with Gasteiger partial charge in [-0.15, -0.1) is 11.3 Å². The zero-order valence-electron chi connectivity index (χ0n) is 15.8. The van der Waals surface area contributed by atoms with Gasteiger partial charge in [0.2, 0.25) is 5.78 Å². The van der Waals surface area contributed by atoms with E-state index in [4.69, 9.17) is 5.73 Å². The summed E-state index contributed by atoms with van der Waals surface area (Å²) in [5, 5.41) is 23.6. The number of likely N-dealkylation sites (tertiary alicyclic amines) is 1. The molecule has 2 heterocycles. The number of hydrogen-bond acceptors (Lipinski definition) is 7. The summed E-state index contributed by atoms with van der Waals surface area (Å²) in [6.07, 6.45) is 1.35. The van der Waals surface area contributed by atoms with Crippen molar-refractivity contribution in [2.45, 2.75) is 18.9 Å². The number of aromatic hydroxyl groups is 2. The van der Waals surface area contributed by atoms with Crippen molar-refractivity contribution in [2.75, 3.05) is 13.1 Å². The molecule has 2 aromatic carbocycles. The first kappa shape index (κ1) is 18.8. The highest BCUT2D eigenvalue weighted by atomic mass is 32.1. The van der Waals surface area contributed by atoms with Crippen LogP contribution >= 0.6 is 11.3 Å². The standard InChI is InChI=1S/C22H18N2O5S/c23-10-5-7-24(8-6-10)22(29)13-9-30-21-14(13)19(27)15-16(20(21)28)18(26)12-4-2-1-3-11(12)17(15)25/h1-4,9-10,25-26H,5-8,23H2. The number of phenols is 2. The second-order valence-corrected chi connectivity index (χ2v) is 8.51. The summed E-state index contributed by atoms with van der Waals surface area (Å²) in [4.78, 5) is 41.4. The Hall–Kier alpha value is -3.23. The maximum Gasteiger partial charge on any atom is 0.255 e. The van der Waals surface area contributed by atoms with E-state index in [9.17, 15) is 24.6 Å². The summed E-state index contributed by atoms with van der Waals surface area (Å²) in [5.41, 5.74) is 5.60. The van der Waals surface area contributed by atoms with Gasteiger partial charge in [0, 0.05) is 35.3 Å². The monoisotopic (exact) mass is 422 g/mol. The highest BCUT2D eigenvalue weighted by Gasteiger charge is 2.40. The number of nitrogens with zero attached hydrogens (tertiary/aromatic N) is 1. The summed E-state index contributed by atoms with van der Waals surface area (Å²) in [6.45, 7) is 0.972. The molecule has 3 aromatic rings. The van der Waals surface area contributed by atoms with Gasteiger partial charge in [0.15, 0.2) is 5.78 Å². The van der Waals surface area contributed by atoms with E-state index in [-0.39, 0.29) is 61.4 Å². The van der Waals surface area contributed by atoms with E-state index in [1.54, 1.807) is 29.2 Å². The first-order chi connectivity index (χ1) is 14.4. The molecule has 8 heteroatoms. The molecule has 1 amide bonds. The fourth-order valence-electron chi connectivity index (χ4n) is 4.26. The van der Waals surface area contributed by atoms with Crippen molar-refractivity contribution in [3.05, 3.63) is 56.8 Å². The normalized spacial score (nSPS) is 16.6. The Balaban J connectivity index is 1.66. The van der Waals surface area contributed by atoms with E-state index in [1.807, 2.05) is 0 Å². The van der Waals surface area contributed by atoms with Gasteiger partial charge < -0.3 is 20.8 Å². The molecule has 152 valence electrons. The van der Waals surface area contributed by atoms with Gasteiger partial charge in [-0.05, 0) is 12.8 Å². The SMILES string of the molecule is NC1CCN(C(=O)c2csc3c2C(=O)c2c(c(O)c4ccccc4c2O)C3=O)CC1. The number of carbonyl (C=O) groups excluding carboxylic acids is 3. The van der Waals surface area contributed by atoms with Crippen LogP contribution in [0.1, 0.15) is 54.4 Å². The minimum Gasteiger partial charge on any atom is -0.506 e. The van der Waals surface area contributed by atoms with Crippen LogP contribution in [0.5, 0.6) is 11.5 Å². The van der Waals surface area contributed by atoms with E-state index >= 15 is 0 Å². The Morgan fingerprint density at radius 2 is 1.53 bits per heavy atom. The van der Waals surface area contributed by atoms with Crippen LogP contribution in [0, 0.1) is 0 Å². The second kappa shape index (κ2) is 6.65. The van der Waals surface area contributed by atoms with Gasteiger partial charge in [-0.1, -0.05) is 24.3 Å². The van der Waals surface area contributed by atoms with E-state index in [2.05, 4.69) is 0 Å². The predicted molar refractivity (Wildman–Crippen MR) is 112 cm³/mol. The number of ketones is 2. The molecule has 1 aromatic heterocycles. The van der Waals surface area contributed by atoms with Gasteiger partial charge in [-0.3, -0.25) is 14.4 Å². The third kappa shape index (κ3) is 2.50. The smallest absolute Gasteiger partial charge is 0.255 e. The minimum atomic E-state index is -0.628. The Morgan fingerprint density at radius 1 is 0.967 bits per heavy atom. The molecule has 4 N–H and O–H groups in total. The summed E-state index contributed by atoms with van der Waals surface area (Å²) >= 11 is 1.00. The molecule has 0 atom stereocenters. The summed E-state index contributed by atoms with van der Waals surface area (Å²) < 4.78 is 0. The molecule has 0 radical (unpaired) electrons. The Labute approximate surface area is 175 Å². The van der Waals surface area contributed by atoms with Crippen molar-refractivity contribution in [2.24, 2.45) is 5.73 Å². The van der Waals surface area contributed by atoms with Gasteiger partial charge in [-0.25, -0.2) is 0 Å². The third-order valence-electron chi connectivity index (χ3n) is 5.90. The number of piperidine rings is 1. The van der Waals surface area contributed by atoms with E-state index < -0.39 is 11.6 Å². The lowest BCUT2D eigenvalue weighted by atomic mass is 9.83. The van der Waals surface area contributed by atoms with Gasteiger partial charge in [0.25, 0.3) is 5.91 Å². The predicted octanol–water partition coefficient (Wildman–Crippen LogP) is 2.65.